The molecule has 122 valence electrons. The van der Waals surface area contributed by atoms with Gasteiger partial charge in [-0.1, -0.05) is 12.1 Å². The maximum atomic E-state index is 13.8. The second kappa shape index (κ2) is 6.76. The first-order chi connectivity index (χ1) is 11.1. The van der Waals surface area contributed by atoms with Gasteiger partial charge in [-0.25, -0.2) is 9.37 Å². The SMILES string of the molecule is CC1CCC(CO)CN1C(=O)c1csc(-c2ccccc2F)n1. The zero-order valence-corrected chi connectivity index (χ0v) is 13.7. The van der Waals surface area contributed by atoms with Crippen molar-refractivity contribution in [1.82, 2.24) is 9.88 Å². The highest BCUT2D eigenvalue weighted by molar-refractivity contribution is 7.13. The molecule has 1 aliphatic rings. The van der Waals surface area contributed by atoms with Gasteiger partial charge in [0.1, 0.15) is 16.5 Å². The lowest BCUT2D eigenvalue weighted by molar-refractivity contribution is 0.0484. The van der Waals surface area contributed by atoms with Crippen molar-refractivity contribution >= 4 is 17.2 Å². The molecule has 6 heteroatoms. The number of aliphatic hydroxyl groups excluding tert-OH is 1. The fourth-order valence-corrected chi connectivity index (χ4v) is 3.71. The van der Waals surface area contributed by atoms with Crippen LogP contribution in [0.25, 0.3) is 10.6 Å². The maximum absolute atomic E-state index is 13.8. The number of carbonyl (C=O) groups excluding carboxylic acids is 1. The lowest BCUT2D eigenvalue weighted by Crippen LogP contribution is -2.46. The van der Waals surface area contributed by atoms with Gasteiger partial charge in [0, 0.05) is 30.1 Å². The number of piperidine rings is 1. The Balaban J connectivity index is 1.82. The third-order valence-corrected chi connectivity index (χ3v) is 5.20. The van der Waals surface area contributed by atoms with Crippen LogP contribution in [0.4, 0.5) is 4.39 Å². The Kier molecular flexibility index (Phi) is 4.73. The number of hydrogen-bond acceptors (Lipinski definition) is 4. The molecule has 23 heavy (non-hydrogen) atoms. The zero-order chi connectivity index (χ0) is 16.4. The van der Waals surface area contributed by atoms with E-state index in [1.165, 1.54) is 17.4 Å². The average molecular weight is 334 g/mol. The molecule has 0 radical (unpaired) electrons. The molecule has 2 atom stereocenters. The van der Waals surface area contributed by atoms with Gasteiger partial charge in [0.2, 0.25) is 0 Å². The third kappa shape index (κ3) is 3.28. The van der Waals surface area contributed by atoms with Crippen molar-refractivity contribution in [2.24, 2.45) is 5.92 Å². The first kappa shape index (κ1) is 16.1. The highest BCUT2D eigenvalue weighted by atomic mass is 32.1. The number of hydrogen-bond donors (Lipinski definition) is 1. The molecule has 2 heterocycles. The molecule has 1 aromatic carbocycles. The summed E-state index contributed by atoms with van der Waals surface area (Å²) in [6, 6.07) is 6.55. The third-order valence-electron chi connectivity index (χ3n) is 4.33. The Labute approximate surface area is 138 Å². The Morgan fingerprint density at radius 3 is 2.96 bits per heavy atom. The highest BCUT2D eigenvalue weighted by Crippen LogP contribution is 2.28. The van der Waals surface area contributed by atoms with Crippen LogP contribution in [0.5, 0.6) is 0 Å². The van der Waals surface area contributed by atoms with E-state index in [9.17, 15) is 14.3 Å². The Bertz CT molecular complexity index is 703. The number of nitrogens with zero attached hydrogens (tertiary/aromatic N) is 2. The number of thiazole rings is 1. The van der Waals surface area contributed by atoms with Gasteiger partial charge in [-0.15, -0.1) is 11.3 Å². The molecule has 0 aliphatic carbocycles. The van der Waals surface area contributed by atoms with E-state index in [2.05, 4.69) is 4.98 Å². The van der Waals surface area contributed by atoms with Crippen LogP contribution >= 0.6 is 11.3 Å². The number of likely N-dealkylation sites (tertiary alicyclic amines) is 1. The van der Waals surface area contributed by atoms with Gasteiger partial charge >= 0.3 is 0 Å². The molecular weight excluding hydrogens is 315 g/mol. The van der Waals surface area contributed by atoms with Crippen molar-refractivity contribution in [3.63, 3.8) is 0 Å². The molecule has 2 aromatic rings. The van der Waals surface area contributed by atoms with E-state index in [4.69, 9.17) is 0 Å². The second-order valence-electron chi connectivity index (χ2n) is 5.95. The minimum absolute atomic E-state index is 0.0913. The standard InChI is InChI=1S/C17H19FN2O2S/c1-11-6-7-12(9-21)8-20(11)17(22)15-10-23-16(19-15)13-4-2-3-5-14(13)18/h2-5,10-12,21H,6-9H2,1H3. The van der Waals surface area contributed by atoms with E-state index in [1.807, 2.05) is 6.92 Å². The highest BCUT2D eigenvalue weighted by Gasteiger charge is 2.30. The molecule has 3 rings (SSSR count). The number of halogens is 1. The van der Waals surface area contributed by atoms with Gasteiger partial charge in [-0.3, -0.25) is 4.79 Å². The van der Waals surface area contributed by atoms with Crippen molar-refractivity contribution in [1.29, 1.82) is 0 Å². The van der Waals surface area contributed by atoms with E-state index >= 15 is 0 Å². The fourth-order valence-electron chi connectivity index (χ4n) is 2.89. The normalized spacial score (nSPS) is 21.4. The largest absolute Gasteiger partial charge is 0.396 e. The van der Waals surface area contributed by atoms with E-state index in [0.717, 1.165) is 12.8 Å². The van der Waals surface area contributed by atoms with Gasteiger partial charge < -0.3 is 10.0 Å². The average Bonchev–Trinajstić information content (AvgIpc) is 3.05. The van der Waals surface area contributed by atoms with E-state index in [-0.39, 0.29) is 30.3 Å². The van der Waals surface area contributed by atoms with Crippen LogP contribution in [0, 0.1) is 11.7 Å². The van der Waals surface area contributed by atoms with Crippen molar-refractivity contribution < 1.29 is 14.3 Å². The van der Waals surface area contributed by atoms with Crippen molar-refractivity contribution in [3.05, 3.63) is 41.2 Å². The number of rotatable bonds is 3. The molecule has 2 unspecified atom stereocenters. The summed E-state index contributed by atoms with van der Waals surface area (Å²) in [5.41, 5.74) is 0.759. The summed E-state index contributed by atoms with van der Waals surface area (Å²) in [4.78, 5) is 18.8. The van der Waals surface area contributed by atoms with Gasteiger partial charge in [-0.05, 0) is 37.8 Å². The lowest BCUT2D eigenvalue weighted by atomic mass is 9.94. The van der Waals surface area contributed by atoms with Gasteiger partial charge in [0.15, 0.2) is 0 Å². The molecule has 0 bridgehead atoms. The predicted octanol–water partition coefficient (Wildman–Crippen LogP) is 3.18. The summed E-state index contributed by atoms with van der Waals surface area (Å²) in [7, 11) is 0. The Morgan fingerprint density at radius 2 is 2.22 bits per heavy atom. The quantitative estimate of drug-likeness (QED) is 0.938. The predicted molar refractivity (Wildman–Crippen MR) is 87.8 cm³/mol. The molecule has 1 aromatic heterocycles. The van der Waals surface area contributed by atoms with Crippen LogP contribution in [-0.2, 0) is 0 Å². The van der Waals surface area contributed by atoms with Gasteiger partial charge in [-0.2, -0.15) is 0 Å². The summed E-state index contributed by atoms with van der Waals surface area (Å²) in [5, 5.41) is 11.5. The monoisotopic (exact) mass is 334 g/mol. The summed E-state index contributed by atoms with van der Waals surface area (Å²) in [5.74, 6) is -0.359. The molecular formula is C17H19FN2O2S. The van der Waals surface area contributed by atoms with Crippen LogP contribution < -0.4 is 0 Å². The van der Waals surface area contributed by atoms with Crippen LogP contribution in [-0.4, -0.2) is 40.1 Å². The number of amides is 1. The number of aromatic nitrogens is 1. The number of aliphatic hydroxyl groups is 1. The first-order valence-corrected chi connectivity index (χ1v) is 8.60. The van der Waals surface area contributed by atoms with E-state index in [0.29, 0.717) is 22.8 Å². The van der Waals surface area contributed by atoms with E-state index in [1.54, 1.807) is 28.5 Å². The molecule has 1 aliphatic heterocycles. The smallest absolute Gasteiger partial charge is 0.273 e. The lowest BCUT2D eigenvalue weighted by Gasteiger charge is -2.37. The van der Waals surface area contributed by atoms with Crippen LogP contribution in [0.2, 0.25) is 0 Å². The van der Waals surface area contributed by atoms with Crippen LogP contribution in [0.3, 0.4) is 0 Å². The molecule has 1 amide bonds. The molecule has 1 fully saturated rings. The van der Waals surface area contributed by atoms with Crippen molar-refractivity contribution in [3.8, 4) is 10.6 Å². The summed E-state index contributed by atoms with van der Waals surface area (Å²) < 4.78 is 13.8. The van der Waals surface area contributed by atoms with E-state index < -0.39 is 0 Å². The maximum Gasteiger partial charge on any atom is 0.273 e. The van der Waals surface area contributed by atoms with Crippen molar-refractivity contribution in [2.75, 3.05) is 13.2 Å². The number of carbonyl (C=O) groups is 1. The summed E-state index contributed by atoms with van der Waals surface area (Å²) in [6.45, 7) is 2.65. The first-order valence-electron chi connectivity index (χ1n) is 7.72. The summed E-state index contributed by atoms with van der Waals surface area (Å²) >= 11 is 1.27. The minimum atomic E-state index is -0.340. The van der Waals surface area contributed by atoms with Gasteiger partial charge in [0.25, 0.3) is 5.91 Å². The Morgan fingerprint density at radius 1 is 1.43 bits per heavy atom. The molecule has 0 saturated carbocycles. The van der Waals surface area contributed by atoms with Gasteiger partial charge in [0.05, 0.1) is 0 Å². The summed E-state index contributed by atoms with van der Waals surface area (Å²) in [6.07, 6.45) is 1.81. The zero-order valence-electron chi connectivity index (χ0n) is 12.9. The van der Waals surface area contributed by atoms with Crippen LogP contribution in [0.15, 0.2) is 29.6 Å². The molecule has 1 saturated heterocycles. The molecule has 1 N–H and O–H groups in total. The number of benzene rings is 1. The Hall–Kier alpha value is -1.79. The topological polar surface area (TPSA) is 53.4 Å². The fraction of sp³-hybridized carbons (Fsp3) is 0.412. The molecule has 4 nitrogen and oxygen atoms in total. The second-order valence-corrected chi connectivity index (χ2v) is 6.81. The molecule has 0 spiro atoms. The minimum Gasteiger partial charge on any atom is -0.396 e. The van der Waals surface area contributed by atoms with Crippen LogP contribution in [0.1, 0.15) is 30.3 Å². The van der Waals surface area contributed by atoms with Crippen molar-refractivity contribution in [2.45, 2.75) is 25.8 Å².